The summed E-state index contributed by atoms with van der Waals surface area (Å²) >= 11 is 1.62. The topological polar surface area (TPSA) is 46.8 Å². The normalized spacial score (nSPS) is 21.2. The largest absolute Gasteiger partial charge is 0.351 e. The minimum Gasteiger partial charge on any atom is -0.351 e. The van der Waals surface area contributed by atoms with Gasteiger partial charge in [-0.1, -0.05) is 18.6 Å². The number of rotatable bonds is 2. The average Bonchev–Trinajstić information content (AvgIpc) is 3.29. The Morgan fingerprint density at radius 1 is 1.00 bits per heavy atom. The first kappa shape index (κ1) is 14.4. The quantitative estimate of drug-likeness (QED) is 0.709. The lowest BCUT2D eigenvalue weighted by molar-refractivity contribution is 0.561. The number of anilines is 1. The summed E-state index contributed by atoms with van der Waals surface area (Å²) in [5, 5.41) is 11.7. The van der Waals surface area contributed by atoms with Crippen LogP contribution in [0.15, 0.2) is 24.3 Å². The van der Waals surface area contributed by atoms with Gasteiger partial charge < -0.3 is 9.47 Å². The van der Waals surface area contributed by atoms with Crippen LogP contribution in [-0.2, 0) is 13.0 Å². The van der Waals surface area contributed by atoms with E-state index in [1.165, 1.54) is 47.7 Å². The second kappa shape index (κ2) is 5.84. The van der Waals surface area contributed by atoms with E-state index in [1.807, 2.05) is 0 Å². The summed E-state index contributed by atoms with van der Waals surface area (Å²) in [6.45, 7) is 2.16. The SMILES string of the molecule is c1ccc2c(N3CCCC3c3nnc4n3CCCCC4)snc2c1. The van der Waals surface area contributed by atoms with Crippen LogP contribution in [0.1, 0.15) is 49.8 Å². The van der Waals surface area contributed by atoms with Crippen molar-refractivity contribution in [3.8, 4) is 0 Å². The van der Waals surface area contributed by atoms with E-state index in [0.717, 1.165) is 31.4 Å². The Hall–Kier alpha value is -1.95. The molecule has 6 heteroatoms. The number of aromatic nitrogens is 4. The van der Waals surface area contributed by atoms with E-state index >= 15 is 0 Å². The molecule has 24 heavy (non-hydrogen) atoms. The van der Waals surface area contributed by atoms with Gasteiger partial charge in [-0.15, -0.1) is 10.2 Å². The summed E-state index contributed by atoms with van der Waals surface area (Å²) in [4.78, 5) is 2.52. The van der Waals surface area contributed by atoms with Gasteiger partial charge in [0.1, 0.15) is 10.8 Å². The van der Waals surface area contributed by atoms with Gasteiger partial charge in [0.25, 0.3) is 0 Å². The molecule has 4 heterocycles. The molecule has 1 fully saturated rings. The van der Waals surface area contributed by atoms with Crippen molar-refractivity contribution in [3.05, 3.63) is 35.9 Å². The van der Waals surface area contributed by atoms with Crippen molar-refractivity contribution in [2.45, 2.75) is 51.1 Å². The predicted molar refractivity (Wildman–Crippen MR) is 96.5 cm³/mol. The molecule has 1 saturated heterocycles. The number of fused-ring (bicyclic) bond motifs is 2. The Balaban J connectivity index is 1.55. The van der Waals surface area contributed by atoms with Crippen molar-refractivity contribution in [3.63, 3.8) is 0 Å². The highest BCUT2D eigenvalue weighted by Gasteiger charge is 2.33. The fourth-order valence-electron chi connectivity index (χ4n) is 4.12. The molecule has 0 bridgehead atoms. The molecule has 0 spiro atoms. The van der Waals surface area contributed by atoms with Crippen molar-refractivity contribution < 1.29 is 0 Å². The highest BCUT2D eigenvalue weighted by molar-refractivity contribution is 7.11. The van der Waals surface area contributed by atoms with Crippen LogP contribution >= 0.6 is 11.5 Å². The predicted octanol–water partition coefficient (Wildman–Crippen LogP) is 3.96. The van der Waals surface area contributed by atoms with Gasteiger partial charge in [0.05, 0.1) is 11.6 Å². The van der Waals surface area contributed by atoms with Crippen LogP contribution in [0.4, 0.5) is 5.00 Å². The molecule has 3 aromatic rings. The Morgan fingerprint density at radius 3 is 2.96 bits per heavy atom. The monoisotopic (exact) mass is 339 g/mol. The maximum Gasteiger partial charge on any atom is 0.155 e. The standard InChI is InChI=1S/C18H21N5S/c1-2-10-16-19-20-17(23(16)11-5-1)15-9-6-12-22(15)18-13-7-3-4-8-14(13)21-24-18/h3-4,7-8,15H,1-2,5-6,9-12H2. The smallest absolute Gasteiger partial charge is 0.155 e. The lowest BCUT2D eigenvalue weighted by atomic mass is 10.2. The van der Waals surface area contributed by atoms with E-state index < -0.39 is 0 Å². The van der Waals surface area contributed by atoms with Crippen LogP contribution < -0.4 is 4.90 Å². The Kier molecular flexibility index (Phi) is 3.51. The number of hydrogen-bond donors (Lipinski definition) is 0. The van der Waals surface area contributed by atoms with E-state index in [4.69, 9.17) is 0 Å². The first-order valence-electron chi connectivity index (χ1n) is 8.95. The van der Waals surface area contributed by atoms with Crippen molar-refractivity contribution in [2.24, 2.45) is 0 Å². The molecule has 0 N–H and O–H groups in total. The minimum atomic E-state index is 0.341. The minimum absolute atomic E-state index is 0.341. The summed E-state index contributed by atoms with van der Waals surface area (Å²) in [5.74, 6) is 2.35. The van der Waals surface area contributed by atoms with Crippen LogP contribution in [0, 0.1) is 0 Å². The molecule has 2 aliphatic rings. The van der Waals surface area contributed by atoms with E-state index in [-0.39, 0.29) is 0 Å². The van der Waals surface area contributed by atoms with Gasteiger partial charge in [-0.05, 0) is 49.3 Å². The molecular weight excluding hydrogens is 318 g/mol. The molecule has 1 aromatic carbocycles. The van der Waals surface area contributed by atoms with Crippen molar-refractivity contribution in [1.29, 1.82) is 0 Å². The van der Waals surface area contributed by atoms with E-state index in [1.54, 1.807) is 11.5 Å². The third-order valence-corrected chi connectivity index (χ3v) is 6.23. The van der Waals surface area contributed by atoms with Crippen molar-refractivity contribution in [2.75, 3.05) is 11.4 Å². The number of hydrogen-bond acceptors (Lipinski definition) is 5. The van der Waals surface area contributed by atoms with Crippen LogP contribution in [0.25, 0.3) is 10.9 Å². The first-order valence-corrected chi connectivity index (χ1v) is 9.72. The fourth-order valence-corrected chi connectivity index (χ4v) is 5.05. The van der Waals surface area contributed by atoms with Crippen LogP contribution in [0.2, 0.25) is 0 Å². The van der Waals surface area contributed by atoms with Crippen molar-refractivity contribution in [1.82, 2.24) is 19.1 Å². The van der Waals surface area contributed by atoms with Gasteiger partial charge in [-0.25, -0.2) is 0 Å². The lowest BCUT2D eigenvalue weighted by Gasteiger charge is -2.25. The van der Waals surface area contributed by atoms with Gasteiger partial charge in [0.15, 0.2) is 5.82 Å². The Labute approximate surface area is 145 Å². The van der Waals surface area contributed by atoms with Crippen LogP contribution in [0.5, 0.6) is 0 Å². The second-order valence-electron chi connectivity index (χ2n) is 6.79. The summed E-state index contributed by atoms with van der Waals surface area (Å²) in [6.07, 6.45) is 7.23. The van der Waals surface area contributed by atoms with Crippen molar-refractivity contribution >= 4 is 27.4 Å². The summed E-state index contributed by atoms with van der Waals surface area (Å²) in [7, 11) is 0. The molecule has 5 rings (SSSR count). The van der Waals surface area contributed by atoms with Gasteiger partial charge in [-0.3, -0.25) is 0 Å². The fraction of sp³-hybridized carbons (Fsp3) is 0.500. The summed E-state index contributed by atoms with van der Waals surface area (Å²) in [5.41, 5.74) is 1.10. The van der Waals surface area contributed by atoms with Gasteiger partial charge in [-0.2, -0.15) is 4.37 Å². The Morgan fingerprint density at radius 2 is 1.96 bits per heavy atom. The van der Waals surface area contributed by atoms with Crippen LogP contribution in [0.3, 0.4) is 0 Å². The number of aryl methyl sites for hydroxylation is 1. The molecular formula is C18H21N5S. The van der Waals surface area contributed by atoms with Gasteiger partial charge in [0.2, 0.25) is 0 Å². The molecule has 1 atom stereocenters. The molecule has 2 aliphatic heterocycles. The summed E-state index contributed by atoms with van der Waals surface area (Å²) in [6, 6.07) is 8.80. The zero-order valence-electron chi connectivity index (χ0n) is 13.7. The van der Waals surface area contributed by atoms with Gasteiger partial charge >= 0.3 is 0 Å². The molecule has 0 radical (unpaired) electrons. The zero-order valence-corrected chi connectivity index (χ0v) is 14.5. The summed E-state index contributed by atoms with van der Waals surface area (Å²) < 4.78 is 7.04. The van der Waals surface area contributed by atoms with E-state index in [0.29, 0.717) is 6.04 Å². The average molecular weight is 339 g/mol. The maximum absolute atomic E-state index is 4.64. The molecule has 1 unspecified atom stereocenters. The Bertz CT molecular complexity index is 867. The third kappa shape index (κ3) is 2.24. The van der Waals surface area contributed by atoms with Gasteiger partial charge in [0, 0.05) is 24.9 Å². The maximum atomic E-state index is 4.64. The highest BCUT2D eigenvalue weighted by Crippen LogP contribution is 2.41. The van der Waals surface area contributed by atoms with E-state index in [2.05, 4.69) is 48.3 Å². The zero-order chi connectivity index (χ0) is 15.9. The lowest BCUT2D eigenvalue weighted by Crippen LogP contribution is -2.25. The number of benzene rings is 1. The highest BCUT2D eigenvalue weighted by atomic mass is 32.1. The molecule has 0 amide bonds. The van der Waals surface area contributed by atoms with Crippen LogP contribution in [-0.4, -0.2) is 25.7 Å². The third-order valence-electron chi connectivity index (χ3n) is 5.31. The molecule has 5 nitrogen and oxygen atoms in total. The molecule has 2 aromatic heterocycles. The van der Waals surface area contributed by atoms with E-state index in [9.17, 15) is 0 Å². The molecule has 0 aliphatic carbocycles. The number of nitrogens with zero attached hydrogens (tertiary/aromatic N) is 5. The first-order chi connectivity index (χ1) is 11.9. The molecule has 0 saturated carbocycles. The molecule has 124 valence electrons. The second-order valence-corrected chi connectivity index (χ2v) is 7.54.